The van der Waals surface area contributed by atoms with Crippen LogP contribution in [0.1, 0.15) is 21.6 Å². The first-order chi connectivity index (χ1) is 18.4. The van der Waals surface area contributed by atoms with Crippen molar-refractivity contribution in [1.82, 2.24) is 29.7 Å². The number of hydrogen-bond donors (Lipinski definition) is 2. The molecule has 0 aliphatic rings. The average Bonchev–Trinajstić information content (AvgIpc) is 3.44. The molecule has 0 saturated heterocycles. The van der Waals surface area contributed by atoms with Crippen molar-refractivity contribution in [1.29, 1.82) is 0 Å². The van der Waals surface area contributed by atoms with Crippen molar-refractivity contribution in [3.8, 4) is 22.7 Å². The second kappa shape index (κ2) is 11.2. The van der Waals surface area contributed by atoms with Gasteiger partial charge in [-0.1, -0.05) is 11.3 Å². The second-order valence-corrected chi connectivity index (χ2v) is 9.29. The Hall–Kier alpha value is -4.39. The van der Waals surface area contributed by atoms with Gasteiger partial charge in [0, 0.05) is 60.5 Å². The van der Waals surface area contributed by atoms with Crippen LogP contribution in [0, 0.1) is 13.8 Å². The molecule has 0 radical (unpaired) electrons. The van der Waals surface area contributed by atoms with E-state index in [1.54, 1.807) is 46.0 Å². The fourth-order valence-electron chi connectivity index (χ4n) is 3.85. The second-order valence-electron chi connectivity index (χ2n) is 9.29. The van der Waals surface area contributed by atoms with Crippen molar-refractivity contribution in [2.45, 2.75) is 20.2 Å². The maximum atomic E-state index is 13.1. The number of halogens is 3. The largest absolute Gasteiger partial charge is 0.573 e. The Morgan fingerprint density at radius 1 is 1.10 bits per heavy atom. The van der Waals surface area contributed by atoms with Gasteiger partial charge in [0.25, 0.3) is 5.91 Å². The normalized spacial score (nSPS) is 11.6. The lowest BCUT2D eigenvalue weighted by atomic mass is 10.1. The van der Waals surface area contributed by atoms with Gasteiger partial charge < -0.3 is 20.3 Å². The van der Waals surface area contributed by atoms with E-state index in [2.05, 4.69) is 30.8 Å². The monoisotopic (exact) mass is 542 g/mol. The molecule has 0 aliphatic heterocycles. The Bertz CT molecular complexity index is 1480. The number of aryl methyl sites for hydroxylation is 2. The molecular weight excluding hydrogens is 513 g/mol. The first-order valence-electron chi connectivity index (χ1n) is 12.0. The van der Waals surface area contributed by atoms with Gasteiger partial charge >= 0.3 is 6.36 Å². The summed E-state index contributed by atoms with van der Waals surface area (Å²) < 4.78 is 46.2. The summed E-state index contributed by atoms with van der Waals surface area (Å²) in [5.74, 6) is -0.957. The summed E-state index contributed by atoms with van der Waals surface area (Å²) in [7, 11) is 5.60. The molecule has 13 heteroatoms. The molecule has 0 atom stereocenters. The third-order valence-electron chi connectivity index (χ3n) is 6.01. The van der Waals surface area contributed by atoms with Crippen LogP contribution >= 0.6 is 0 Å². The molecule has 0 bridgehead atoms. The standard InChI is InChI=1S/C26H29F3N8O2/c1-16-6-7-18(10-24(16)37-15-23(33-34-37)22-14-31-36(5)17(22)2)25(38)32-20-11-19(30-8-9-35(3)4)12-21(13-20)39-26(27,28)29/h6-7,10-15,30H,8-9H2,1-5H3,(H,32,38). The fraction of sp³-hybridized carbons (Fsp3) is 0.308. The predicted octanol–water partition coefficient (Wildman–Crippen LogP) is 4.41. The van der Waals surface area contributed by atoms with Gasteiger partial charge in [0.1, 0.15) is 11.4 Å². The number of nitrogens with zero attached hydrogens (tertiary/aromatic N) is 6. The van der Waals surface area contributed by atoms with Gasteiger partial charge in [0.15, 0.2) is 0 Å². The highest BCUT2D eigenvalue weighted by Crippen LogP contribution is 2.30. The lowest BCUT2D eigenvalue weighted by Gasteiger charge is -2.16. The van der Waals surface area contributed by atoms with Crippen LogP contribution in [-0.2, 0) is 7.05 Å². The molecular formula is C26H29F3N8O2. The maximum absolute atomic E-state index is 13.1. The molecule has 4 rings (SSSR count). The molecule has 0 saturated carbocycles. The van der Waals surface area contributed by atoms with E-state index in [4.69, 9.17) is 0 Å². The topological polar surface area (TPSA) is 102 Å². The summed E-state index contributed by atoms with van der Waals surface area (Å²) in [6.45, 7) is 4.94. The number of ether oxygens (including phenoxy) is 1. The number of benzene rings is 2. The number of carbonyl (C=O) groups is 1. The summed E-state index contributed by atoms with van der Waals surface area (Å²) in [6.07, 6.45) is -1.42. The minimum absolute atomic E-state index is 0.145. The van der Waals surface area contributed by atoms with Crippen molar-refractivity contribution in [3.63, 3.8) is 0 Å². The fourth-order valence-corrected chi connectivity index (χ4v) is 3.85. The molecule has 2 N–H and O–H groups in total. The van der Waals surface area contributed by atoms with Crippen molar-refractivity contribution in [2.75, 3.05) is 37.8 Å². The summed E-state index contributed by atoms with van der Waals surface area (Å²) in [6, 6.07) is 8.94. The Morgan fingerprint density at radius 2 is 1.85 bits per heavy atom. The van der Waals surface area contributed by atoms with Gasteiger partial charge in [-0.3, -0.25) is 9.48 Å². The molecule has 1 amide bonds. The molecule has 39 heavy (non-hydrogen) atoms. The van der Waals surface area contributed by atoms with Crippen molar-refractivity contribution >= 4 is 17.3 Å². The predicted molar refractivity (Wildman–Crippen MR) is 141 cm³/mol. The van der Waals surface area contributed by atoms with Crippen molar-refractivity contribution in [3.05, 3.63) is 65.6 Å². The highest BCUT2D eigenvalue weighted by molar-refractivity contribution is 6.05. The lowest BCUT2D eigenvalue weighted by Crippen LogP contribution is -2.21. The average molecular weight is 543 g/mol. The molecule has 2 aromatic heterocycles. The van der Waals surface area contributed by atoms with Crippen LogP contribution in [0.25, 0.3) is 16.9 Å². The van der Waals surface area contributed by atoms with Gasteiger partial charge in [-0.05, 0) is 51.7 Å². The number of carbonyl (C=O) groups excluding carboxylic acids is 1. The number of aromatic nitrogens is 5. The molecule has 206 valence electrons. The minimum Gasteiger partial charge on any atom is -0.406 e. The van der Waals surface area contributed by atoms with E-state index in [0.717, 1.165) is 22.9 Å². The zero-order valence-corrected chi connectivity index (χ0v) is 22.2. The van der Waals surface area contributed by atoms with Gasteiger partial charge in [-0.25, -0.2) is 4.68 Å². The van der Waals surface area contributed by atoms with Gasteiger partial charge in [0.2, 0.25) is 0 Å². The number of anilines is 2. The smallest absolute Gasteiger partial charge is 0.406 e. The number of nitrogens with one attached hydrogen (secondary N) is 2. The summed E-state index contributed by atoms with van der Waals surface area (Å²) in [4.78, 5) is 15.1. The molecule has 0 unspecified atom stereocenters. The number of rotatable bonds is 9. The van der Waals surface area contributed by atoms with Crippen LogP contribution < -0.4 is 15.4 Å². The van der Waals surface area contributed by atoms with E-state index in [0.29, 0.717) is 30.2 Å². The number of likely N-dealkylation sites (N-methyl/N-ethyl adjacent to an activating group) is 1. The van der Waals surface area contributed by atoms with Gasteiger partial charge in [-0.15, -0.1) is 18.3 Å². The Labute approximate surface area is 223 Å². The Balaban J connectivity index is 1.58. The summed E-state index contributed by atoms with van der Waals surface area (Å²) in [5.41, 5.74) is 4.68. The maximum Gasteiger partial charge on any atom is 0.573 e. The van der Waals surface area contributed by atoms with Crippen LogP contribution in [-0.4, -0.2) is 69.1 Å². The van der Waals surface area contributed by atoms with Crippen LogP contribution in [0.5, 0.6) is 5.75 Å². The van der Waals surface area contributed by atoms with E-state index in [1.807, 2.05) is 39.9 Å². The Morgan fingerprint density at radius 3 is 2.51 bits per heavy atom. The Kier molecular flexibility index (Phi) is 7.90. The third kappa shape index (κ3) is 6.93. The molecule has 4 aromatic rings. The van der Waals surface area contributed by atoms with E-state index in [-0.39, 0.29) is 11.3 Å². The number of amides is 1. The zero-order valence-electron chi connectivity index (χ0n) is 22.2. The SMILES string of the molecule is Cc1ccc(C(=O)Nc2cc(NCCN(C)C)cc(OC(F)(F)F)c2)cc1-n1cc(-c2cnn(C)c2C)nn1. The zero-order chi connectivity index (χ0) is 28.3. The minimum atomic E-state index is -4.87. The van der Waals surface area contributed by atoms with E-state index < -0.39 is 18.0 Å². The molecule has 10 nitrogen and oxygen atoms in total. The molecule has 2 heterocycles. The molecule has 0 spiro atoms. The summed E-state index contributed by atoms with van der Waals surface area (Å²) in [5, 5.41) is 18.4. The summed E-state index contributed by atoms with van der Waals surface area (Å²) >= 11 is 0. The van der Waals surface area contributed by atoms with Gasteiger partial charge in [-0.2, -0.15) is 5.10 Å². The number of hydrogen-bond acceptors (Lipinski definition) is 7. The first-order valence-corrected chi connectivity index (χ1v) is 12.0. The van der Waals surface area contributed by atoms with Crippen molar-refractivity contribution < 1.29 is 22.7 Å². The van der Waals surface area contributed by atoms with Crippen molar-refractivity contribution in [2.24, 2.45) is 7.05 Å². The molecule has 0 aliphatic carbocycles. The quantitative estimate of drug-likeness (QED) is 0.323. The van der Waals surface area contributed by atoms with E-state index >= 15 is 0 Å². The van der Waals surface area contributed by atoms with Crippen LogP contribution in [0.15, 0.2) is 48.8 Å². The van der Waals surface area contributed by atoms with E-state index in [9.17, 15) is 18.0 Å². The van der Waals surface area contributed by atoms with Crippen LogP contribution in [0.3, 0.4) is 0 Å². The third-order valence-corrected chi connectivity index (χ3v) is 6.01. The number of alkyl halides is 3. The molecule has 0 fully saturated rings. The lowest BCUT2D eigenvalue weighted by molar-refractivity contribution is -0.274. The van der Waals surface area contributed by atoms with E-state index in [1.165, 1.54) is 6.07 Å². The van der Waals surface area contributed by atoms with Crippen LogP contribution in [0.2, 0.25) is 0 Å². The van der Waals surface area contributed by atoms with Crippen LogP contribution in [0.4, 0.5) is 24.5 Å². The highest BCUT2D eigenvalue weighted by Gasteiger charge is 2.31. The highest BCUT2D eigenvalue weighted by atomic mass is 19.4. The first kappa shape index (κ1) is 27.6. The molecule has 2 aromatic carbocycles. The van der Waals surface area contributed by atoms with Gasteiger partial charge in [0.05, 0.1) is 18.1 Å².